The number of hydrogen-bond acceptors (Lipinski definition) is 3. The Hall–Kier alpha value is -0.900. The fraction of sp³-hybridized carbons (Fsp3) is 0.625. The van der Waals surface area contributed by atoms with Crippen molar-refractivity contribution < 1.29 is 0 Å². The lowest BCUT2D eigenvalue weighted by Crippen LogP contribution is -2.48. The zero-order valence-electron chi connectivity index (χ0n) is 12.5. The van der Waals surface area contributed by atoms with Gasteiger partial charge in [-0.1, -0.05) is 30.7 Å². The van der Waals surface area contributed by atoms with Crippen molar-refractivity contribution >= 4 is 0 Å². The van der Waals surface area contributed by atoms with Crippen LogP contribution in [-0.2, 0) is 0 Å². The molecule has 1 saturated heterocycles. The summed E-state index contributed by atoms with van der Waals surface area (Å²) in [5, 5.41) is 0. The largest absolute Gasteiger partial charge is 0.329 e. The first-order valence-corrected chi connectivity index (χ1v) is 7.39. The van der Waals surface area contributed by atoms with Crippen LogP contribution in [0.1, 0.15) is 29.7 Å². The van der Waals surface area contributed by atoms with Gasteiger partial charge in [0.1, 0.15) is 0 Å². The Labute approximate surface area is 117 Å². The van der Waals surface area contributed by atoms with E-state index in [1.165, 1.54) is 16.7 Å². The van der Waals surface area contributed by atoms with Crippen LogP contribution in [0, 0.1) is 13.8 Å². The highest BCUT2D eigenvalue weighted by Gasteiger charge is 2.24. The van der Waals surface area contributed by atoms with Crippen molar-refractivity contribution in [3.8, 4) is 0 Å². The molecule has 1 aromatic carbocycles. The number of likely N-dealkylation sites (N-methyl/N-ethyl adjacent to an activating group) is 1. The molecule has 19 heavy (non-hydrogen) atoms. The summed E-state index contributed by atoms with van der Waals surface area (Å²) < 4.78 is 0. The van der Waals surface area contributed by atoms with Crippen LogP contribution < -0.4 is 5.73 Å². The van der Waals surface area contributed by atoms with Gasteiger partial charge in [0.15, 0.2) is 0 Å². The van der Waals surface area contributed by atoms with Crippen molar-refractivity contribution in [2.75, 3.05) is 39.3 Å². The summed E-state index contributed by atoms with van der Waals surface area (Å²) in [6.45, 7) is 13.0. The van der Waals surface area contributed by atoms with Crippen LogP contribution in [-0.4, -0.2) is 49.1 Å². The van der Waals surface area contributed by atoms with E-state index in [1.54, 1.807) is 0 Å². The lowest BCUT2D eigenvalue weighted by molar-refractivity contribution is 0.102. The fourth-order valence-electron chi connectivity index (χ4n) is 3.06. The maximum absolute atomic E-state index is 6.05. The second-order valence-corrected chi connectivity index (χ2v) is 5.58. The smallest absolute Gasteiger partial charge is 0.0474 e. The summed E-state index contributed by atoms with van der Waals surface area (Å²) in [6.07, 6.45) is 0. The van der Waals surface area contributed by atoms with E-state index in [0.717, 1.165) is 32.7 Å². The Balaban J connectivity index is 2.12. The number of nitrogens with zero attached hydrogens (tertiary/aromatic N) is 2. The molecule has 0 saturated carbocycles. The molecular weight excluding hydrogens is 234 g/mol. The summed E-state index contributed by atoms with van der Waals surface area (Å²) in [5.74, 6) is 0. The third-order valence-corrected chi connectivity index (χ3v) is 4.30. The van der Waals surface area contributed by atoms with Crippen LogP contribution in [0.5, 0.6) is 0 Å². The first-order valence-electron chi connectivity index (χ1n) is 7.39. The summed E-state index contributed by atoms with van der Waals surface area (Å²) in [7, 11) is 0. The normalized spacial score (nSPS) is 19.6. The summed E-state index contributed by atoms with van der Waals surface area (Å²) in [6, 6.07) is 7.10. The Morgan fingerprint density at radius 1 is 1.16 bits per heavy atom. The van der Waals surface area contributed by atoms with Crippen molar-refractivity contribution in [1.29, 1.82) is 0 Å². The summed E-state index contributed by atoms with van der Waals surface area (Å²) in [5.41, 5.74) is 10.2. The molecule has 0 radical (unpaired) electrons. The highest BCUT2D eigenvalue weighted by atomic mass is 15.3. The van der Waals surface area contributed by atoms with E-state index >= 15 is 0 Å². The summed E-state index contributed by atoms with van der Waals surface area (Å²) >= 11 is 0. The van der Waals surface area contributed by atoms with Crippen molar-refractivity contribution in [1.82, 2.24) is 9.80 Å². The van der Waals surface area contributed by atoms with Gasteiger partial charge in [0.25, 0.3) is 0 Å². The van der Waals surface area contributed by atoms with Gasteiger partial charge in [0.2, 0.25) is 0 Å². The Morgan fingerprint density at radius 2 is 1.84 bits per heavy atom. The average molecular weight is 261 g/mol. The van der Waals surface area contributed by atoms with Gasteiger partial charge in [-0.05, 0) is 31.5 Å². The SMILES string of the molecule is CCN1CCN(C(CN)c2ccc(C)cc2C)CC1. The standard InChI is InChI=1S/C16H27N3/c1-4-18-7-9-19(10-8-18)16(12-17)15-6-5-13(2)11-14(15)3/h5-6,11,16H,4,7-10,12,17H2,1-3H3. The molecule has 0 spiro atoms. The molecule has 1 aliphatic rings. The molecule has 3 heteroatoms. The number of nitrogens with two attached hydrogens (primary N) is 1. The first-order chi connectivity index (χ1) is 9.15. The van der Waals surface area contributed by atoms with Gasteiger partial charge in [0, 0.05) is 38.8 Å². The van der Waals surface area contributed by atoms with Gasteiger partial charge < -0.3 is 10.6 Å². The molecule has 0 amide bonds. The minimum absolute atomic E-state index is 0.375. The number of hydrogen-bond donors (Lipinski definition) is 1. The zero-order valence-corrected chi connectivity index (χ0v) is 12.5. The molecule has 0 aliphatic carbocycles. The molecule has 1 aliphatic heterocycles. The molecule has 2 N–H and O–H groups in total. The van der Waals surface area contributed by atoms with Crippen LogP contribution in [0.2, 0.25) is 0 Å². The highest BCUT2D eigenvalue weighted by molar-refractivity contribution is 5.33. The van der Waals surface area contributed by atoms with Gasteiger partial charge >= 0.3 is 0 Å². The molecule has 1 unspecified atom stereocenters. The molecule has 106 valence electrons. The van der Waals surface area contributed by atoms with Crippen molar-refractivity contribution in [2.24, 2.45) is 5.73 Å². The molecule has 1 atom stereocenters. The Bertz CT molecular complexity index is 408. The Morgan fingerprint density at radius 3 is 2.37 bits per heavy atom. The molecule has 3 nitrogen and oxygen atoms in total. The first kappa shape index (κ1) is 14.5. The molecule has 1 fully saturated rings. The van der Waals surface area contributed by atoms with Gasteiger partial charge in [-0.25, -0.2) is 0 Å². The van der Waals surface area contributed by atoms with E-state index < -0.39 is 0 Å². The van der Waals surface area contributed by atoms with Crippen LogP contribution in [0.4, 0.5) is 0 Å². The lowest BCUT2D eigenvalue weighted by atomic mass is 9.97. The van der Waals surface area contributed by atoms with Crippen LogP contribution in [0.3, 0.4) is 0 Å². The zero-order chi connectivity index (χ0) is 13.8. The van der Waals surface area contributed by atoms with E-state index in [2.05, 4.69) is 48.8 Å². The third-order valence-electron chi connectivity index (χ3n) is 4.30. The van der Waals surface area contributed by atoms with Crippen LogP contribution >= 0.6 is 0 Å². The second kappa shape index (κ2) is 6.51. The monoisotopic (exact) mass is 261 g/mol. The predicted molar refractivity (Wildman–Crippen MR) is 81.4 cm³/mol. The van der Waals surface area contributed by atoms with Gasteiger partial charge in [0.05, 0.1) is 0 Å². The minimum Gasteiger partial charge on any atom is -0.329 e. The number of rotatable bonds is 4. The third kappa shape index (κ3) is 3.35. The lowest BCUT2D eigenvalue weighted by Gasteiger charge is -2.39. The van der Waals surface area contributed by atoms with Crippen LogP contribution in [0.15, 0.2) is 18.2 Å². The highest BCUT2D eigenvalue weighted by Crippen LogP contribution is 2.24. The van der Waals surface area contributed by atoms with Crippen molar-refractivity contribution in [3.05, 3.63) is 34.9 Å². The molecule has 1 heterocycles. The predicted octanol–water partition coefficient (Wildman–Crippen LogP) is 1.94. The van der Waals surface area contributed by atoms with Gasteiger partial charge in [-0.2, -0.15) is 0 Å². The Kier molecular flexibility index (Phi) is 4.97. The number of aryl methyl sites for hydroxylation is 2. The van der Waals surface area contributed by atoms with E-state index in [1.807, 2.05) is 0 Å². The molecule has 2 rings (SSSR count). The van der Waals surface area contributed by atoms with Crippen LogP contribution in [0.25, 0.3) is 0 Å². The maximum Gasteiger partial charge on any atom is 0.0474 e. The van der Waals surface area contributed by atoms with E-state index in [4.69, 9.17) is 5.73 Å². The summed E-state index contributed by atoms with van der Waals surface area (Å²) in [4.78, 5) is 5.05. The number of piperazine rings is 1. The van der Waals surface area contributed by atoms with E-state index in [-0.39, 0.29) is 0 Å². The molecule has 1 aromatic rings. The maximum atomic E-state index is 6.05. The van der Waals surface area contributed by atoms with Gasteiger partial charge in [-0.3, -0.25) is 4.90 Å². The minimum atomic E-state index is 0.375. The molecule has 0 bridgehead atoms. The van der Waals surface area contributed by atoms with E-state index in [9.17, 15) is 0 Å². The second-order valence-electron chi connectivity index (χ2n) is 5.58. The molecular formula is C16H27N3. The average Bonchev–Trinajstić information content (AvgIpc) is 2.42. The number of benzene rings is 1. The quantitative estimate of drug-likeness (QED) is 0.899. The van der Waals surface area contributed by atoms with Gasteiger partial charge in [-0.15, -0.1) is 0 Å². The molecule has 0 aromatic heterocycles. The van der Waals surface area contributed by atoms with E-state index in [0.29, 0.717) is 12.6 Å². The van der Waals surface area contributed by atoms with Crippen molar-refractivity contribution in [3.63, 3.8) is 0 Å². The van der Waals surface area contributed by atoms with Crippen molar-refractivity contribution in [2.45, 2.75) is 26.8 Å². The fourth-order valence-corrected chi connectivity index (χ4v) is 3.06. The topological polar surface area (TPSA) is 32.5 Å².